The monoisotopic (exact) mass is 306 g/mol. The molecule has 0 saturated heterocycles. The van der Waals surface area contributed by atoms with Crippen LogP contribution in [0.25, 0.3) is 0 Å². The van der Waals surface area contributed by atoms with E-state index < -0.39 is 43.0 Å². The number of benzene rings is 1. The van der Waals surface area contributed by atoms with Crippen LogP contribution >= 0.6 is 10.3 Å². The van der Waals surface area contributed by atoms with E-state index in [0.29, 0.717) is 12.1 Å². The molecular weight excluding hydrogens is 294 g/mol. The third-order valence-corrected chi connectivity index (χ3v) is 2.53. The number of phenolic OH excluding ortho intramolecular Hbond substituents is 1. The van der Waals surface area contributed by atoms with Crippen LogP contribution in [-0.2, 0) is 4.28 Å². The Balaban J connectivity index is 3.38. The highest BCUT2D eigenvalue weighted by Gasteiger charge is 2.34. The van der Waals surface area contributed by atoms with Crippen LogP contribution in [0.2, 0.25) is 0 Å². The summed E-state index contributed by atoms with van der Waals surface area (Å²) in [6, 6.07) is 1.42. The zero-order valence-corrected chi connectivity index (χ0v) is 11.6. The molecule has 11 heteroatoms. The van der Waals surface area contributed by atoms with Crippen molar-refractivity contribution in [2.45, 2.75) is 0 Å². The molecule has 10 nitrogen and oxygen atoms in total. The molecule has 110 valence electrons. The van der Waals surface area contributed by atoms with Crippen LogP contribution in [0.1, 0.15) is 0 Å². The number of phenols is 1. The fraction of sp³-hybridized carbons (Fsp3) is 0.333. The minimum absolute atomic E-state index is 0.0330. The molecule has 0 aromatic heterocycles. The van der Waals surface area contributed by atoms with Crippen molar-refractivity contribution < 1.29 is 24.2 Å². The number of hydrogen-bond acceptors (Lipinski definition) is 7. The highest BCUT2D eigenvalue weighted by Crippen LogP contribution is 2.42. The lowest BCUT2D eigenvalue weighted by molar-refractivity contribution is -0.696. The van der Waals surface area contributed by atoms with Crippen molar-refractivity contribution in [2.24, 2.45) is 0 Å². The Kier molecular flexibility index (Phi) is 4.13. The number of aromatic hydroxyl groups is 1. The maximum Gasteiger partial charge on any atom is 0.331 e. The second-order valence-corrected chi connectivity index (χ2v) is 8.00. The molecule has 0 radical (unpaired) electrons. The van der Waals surface area contributed by atoms with Gasteiger partial charge in [0.15, 0.2) is 0 Å². The van der Waals surface area contributed by atoms with E-state index in [1.165, 1.54) is 0 Å². The van der Waals surface area contributed by atoms with E-state index in [1.54, 1.807) is 18.8 Å². The molecule has 0 spiro atoms. The van der Waals surface area contributed by atoms with Crippen LogP contribution in [0.3, 0.4) is 0 Å². The highest BCUT2D eigenvalue weighted by molar-refractivity contribution is 8.28. The first-order valence-electron chi connectivity index (χ1n) is 5.04. The molecule has 0 aliphatic rings. The maximum atomic E-state index is 11.7. The van der Waals surface area contributed by atoms with Gasteiger partial charge in [-0.1, -0.05) is 0 Å². The molecule has 0 amide bonds. The van der Waals surface area contributed by atoms with Crippen LogP contribution in [0.15, 0.2) is 12.1 Å². The smallest absolute Gasteiger partial charge is 0.331 e. The van der Waals surface area contributed by atoms with E-state index in [1.807, 2.05) is 0 Å². The normalized spacial score (nSPS) is 11.8. The van der Waals surface area contributed by atoms with E-state index in [-0.39, 0.29) is 4.92 Å². The van der Waals surface area contributed by atoms with E-state index in [0.717, 1.165) is 0 Å². The molecular formula is C9H12N3O7S+. The number of nitro benzene ring substituents is 2. The molecule has 0 heterocycles. The molecule has 1 aromatic carbocycles. The van der Waals surface area contributed by atoms with Crippen molar-refractivity contribution in [3.8, 4) is 5.75 Å². The van der Waals surface area contributed by atoms with Gasteiger partial charge in [0.1, 0.15) is 12.1 Å². The quantitative estimate of drug-likeness (QED) is 0.650. The zero-order valence-electron chi connectivity index (χ0n) is 10.8. The molecule has 0 bridgehead atoms. The SMILES string of the molecule is CS(C)(C)O[N+](=O)c1cc([N+](=O)[O-])c(O)c([N+](=O)[O-])c1. The van der Waals surface area contributed by atoms with Gasteiger partial charge in [-0.2, -0.15) is 4.28 Å². The lowest BCUT2D eigenvalue weighted by Crippen LogP contribution is -2.07. The predicted molar refractivity (Wildman–Crippen MR) is 71.2 cm³/mol. The molecule has 20 heavy (non-hydrogen) atoms. The number of rotatable bonds is 5. The van der Waals surface area contributed by atoms with Crippen molar-refractivity contribution in [1.82, 2.24) is 0 Å². The lowest BCUT2D eigenvalue weighted by Gasteiger charge is -2.15. The second-order valence-electron chi connectivity index (χ2n) is 4.40. The fourth-order valence-electron chi connectivity index (χ4n) is 1.22. The first-order valence-corrected chi connectivity index (χ1v) is 7.82. The molecule has 0 atom stereocenters. The predicted octanol–water partition coefficient (Wildman–Crippen LogP) is 2.16. The number of hydrogen-bond donors (Lipinski definition) is 1. The Bertz CT molecular complexity index is 561. The Morgan fingerprint density at radius 2 is 1.45 bits per heavy atom. The third kappa shape index (κ3) is 3.54. The molecule has 1 aromatic rings. The summed E-state index contributed by atoms with van der Waals surface area (Å²) in [5.74, 6) is -1.11. The van der Waals surface area contributed by atoms with Gasteiger partial charge >= 0.3 is 17.1 Å². The Hall–Kier alpha value is -2.43. The van der Waals surface area contributed by atoms with Gasteiger partial charge in [-0.05, 0) is 10.3 Å². The standard InChI is InChI=1S/C9H11N3O7S/c1-20(2,3)19-12(18)6-4-7(10(14)15)9(13)8(5-6)11(16)17/h4-5H,1-3H3/p+1. The summed E-state index contributed by atoms with van der Waals surface area (Å²) < 4.78 is 4.97. The zero-order chi connectivity index (χ0) is 15.7. The van der Waals surface area contributed by atoms with Gasteiger partial charge in [0.2, 0.25) is 0 Å². The maximum absolute atomic E-state index is 11.7. The summed E-state index contributed by atoms with van der Waals surface area (Å²) in [4.78, 5) is 31.1. The van der Waals surface area contributed by atoms with Crippen molar-refractivity contribution in [1.29, 1.82) is 0 Å². The topological polar surface area (TPSA) is 136 Å². The number of nitrogens with zero attached hydrogens (tertiary/aromatic N) is 3. The summed E-state index contributed by atoms with van der Waals surface area (Å²) in [5.41, 5.74) is -2.33. The third-order valence-electron chi connectivity index (χ3n) is 1.95. The largest absolute Gasteiger partial charge is 0.497 e. The molecule has 0 aliphatic heterocycles. The van der Waals surface area contributed by atoms with Crippen LogP contribution < -0.4 is 0 Å². The van der Waals surface area contributed by atoms with E-state index in [4.69, 9.17) is 4.28 Å². The van der Waals surface area contributed by atoms with Crippen LogP contribution in [0, 0.1) is 25.1 Å². The van der Waals surface area contributed by atoms with Crippen molar-refractivity contribution in [3.63, 3.8) is 0 Å². The first kappa shape index (κ1) is 15.6. The van der Waals surface area contributed by atoms with E-state index >= 15 is 0 Å². The highest BCUT2D eigenvalue weighted by atomic mass is 32.3. The van der Waals surface area contributed by atoms with Gasteiger partial charge in [0, 0.05) is 18.8 Å². The number of nitro groups is 2. The molecule has 1 N–H and O–H groups in total. The first-order chi connectivity index (χ1) is 9.03. The Morgan fingerprint density at radius 3 is 1.75 bits per heavy atom. The Labute approximate surface area is 114 Å². The van der Waals surface area contributed by atoms with Gasteiger partial charge < -0.3 is 5.11 Å². The lowest BCUT2D eigenvalue weighted by atomic mass is 10.2. The fourth-order valence-corrected chi connectivity index (χ4v) is 1.71. The molecule has 0 unspecified atom stereocenters. The molecule has 0 fully saturated rings. The summed E-state index contributed by atoms with van der Waals surface area (Å²) in [6.45, 7) is 0. The summed E-state index contributed by atoms with van der Waals surface area (Å²) >= 11 is 0. The van der Waals surface area contributed by atoms with Crippen LogP contribution in [-0.4, -0.2) is 38.6 Å². The summed E-state index contributed by atoms with van der Waals surface area (Å²) in [7, 11) is -1.74. The minimum Gasteiger partial charge on any atom is -0.497 e. The van der Waals surface area contributed by atoms with Crippen molar-refractivity contribution in [2.75, 3.05) is 18.8 Å². The molecule has 0 saturated carbocycles. The van der Waals surface area contributed by atoms with Gasteiger partial charge in [-0.25, -0.2) is 0 Å². The van der Waals surface area contributed by atoms with E-state index in [2.05, 4.69) is 0 Å². The van der Waals surface area contributed by atoms with Gasteiger partial charge in [0.05, 0.1) is 14.8 Å². The summed E-state index contributed by atoms with van der Waals surface area (Å²) in [5, 5.41) is 30.9. The van der Waals surface area contributed by atoms with Gasteiger partial charge in [0.25, 0.3) is 10.7 Å². The summed E-state index contributed by atoms with van der Waals surface area (Å²) in [6.07, 6.45) is 4.92. The minimum atomic E-state index is -1.74. The van der Waals surface area contributed by atoms with E-state index in [9.17, 15) is 30.2 Å². The van der Waals surface area contributed by atoms with Crippen molar-refractivity contribution in [3.05, 3.63) is 37.3 Å². The van der Waals surface area contributed by atoms with Crippen molar-refractivity contribution >= 4 is 27.4 Å². The Morgan fingerprint density at radius 1 is 1.05 bits per heavy atom. The second kappa shape index (κ2) is 5.28. The molecule has 1 rings (SSSR count). The van der Waals surface area contributed by atoms with Crippen LogP contribution in [0.4, 0.5) is 17.1 Å². The average Bonchev–Trinajstić information content (AvgIpc) is 2.25. The average molecular weight is 306 g/mol. The van der Waals surface area contributed by atoms with Crippen LogP contribution in [0.5, 0.6) is 5.75 Å². The van der Waals surface area contributed by atoms with Gasteiger partial charge in [-0.15, -0.1) is 0 Å². The molecule has 0 aliphatic carbocycles. The van der Waals surface area contributed by atoms with Gasteiger partial charge in [-0.3, -0.25) is 20.2 Å².